The molecule has 0 aliphatic rings. The number of aryl methyl sites for hydroxylation is 1. The number of hydrogen-bond acceptors (Lipinski definition) is 4. The zero-order valence-electron chi connectivity index (χ0n) is 8.99. The molecule has 0 saturated heterocycles. The Hall–Kier alpha value is -0.680. The van der Waals surface area contributed by atoms with Gasteiger partial charge in [0.25, 0.3) is 0 Å². The number of halogens is 1. The molecule has 0 fully saturated rings. The molecule has 5 heteroatoms. The second-order valence-corrected chi connectivity index (χ2v) is 3.85. The van der Waals surface area contributed by atoms with Gasteiger partial charge in [0.05, 0.1) is 6.61 Å². The van der Waals surface area contributed by atoms with Gasteiger partial charge in [-0.1, -0.05) is 6.92 Å². The summed E-state index contributed by atoms with van der Waals surface area (Å²) in [5, 5.41) is 0. The van der Waals surface area contributed by atoms with Gasteiger partial charge in [0.15, 0.2) is 0 Å². The lowest BCUT2D eigenvalue weighted by Gasteiger charge is -2.06. The lowest BCUT2D eigenvalue weighted by atomic mass is 10.5. The van der Waals surface area contributed by atoms with Crippen LogP contribution >= 0.6 is 15.9 Å². The van der Waals surface area contributed by atoms with Gasteiger partial charge in [0.1, 0.15) is 17.0 Å². The second-order valence-electron chi connectivity index (χ2n) is 3.04. The minimum Gasteiger partial charge on any atom is -0.475 e. The molecule has 15 heavy (non-hydrogen) atoms. The summed E-state index contributed by atoms with van der Waals surface area (Å²) in [5.41, 5.74) is 0. The largest absolute Gasteiger partial charge is 0.475 e. The molecule has 1 heterocycles. The summed E-state index contributed by atoms with van der Waals surface area (Å²) in [7, 11) is 0. The molecule has 0 aliphatic heterocycles. The molecule has 0 saturated carbocycles. The van der Waals surface area contributed by atoms with Gasteiger partial charge in [0, 0.05) is 12.7 Å². The molecular formula is C10H15BrN2O2. The van der Waals surface area contributed by atoms with E-state index >= 15 is 0 Å². The first-order valence-electron chi connectivity index (χ1n) is 4.94. The van der Waals surface area contributed by atoms with Crippen molar-refractivity contribution in [3.63, 3.8) is 0 Å². The maximum absolute atomic E-state index is 5.41. The molecule has 0 spiro atoms. The molecule has 0 aromatic carbocycles. The third kappa shape index (κ3) is 5.09. The molecule has 4 nitrogen and oxygen atoms in total. The van der Waals surface area contributed by atoms with Crippen molar-refractivity contribution in [3.8, 4) is 5.88 Å². The fraction of sp³-hybridized carbons (Fsp3) is 0.600. The average Bonchev–Trinajstić information content (AvgIpc) is 2.16. The quantitative estimate of drug-likeness (QED) is 0.590. The molecule has 0 atom stereocenters. The smallest absolute Gasteiger partial charge is 0.217 e. The Balaban J connectivity index is 2.31. The van der Waals surface area contributed by atoms with E-state index in [0.29, 0.717) is 24.9 Å². The van der Waals surface area contributed by atoms with Crippen LogP contribution in [0.3, 0.4) is 0 Å². The third-order valence-corrected chi connectivity index (χ3v) is 2.02. The highest BCUT2D eigenvalue weighted by molar-refractivity contribution is 9.10. The highest BCUT2D eigenvalue weighted by Gasteiger charge is 2.00. The summed E-state index contributed by atoms with van der Waals surface area (Å²) in [6, 6.07) is 1.74. The Bertz CT molecular complexity index is 287. The van der Waals surface area contributed by atoms with Gasteiger partial charge in [-0.3, -0.25) is 0 Å². The second kappa shape index (κ2) is 6.74. The minimum atomic E-state index is 0.517. The van der Waals surface area contributed by atoms with E-state index in [2.05, 4.69) is 32.8 Å². The fourth-order valence-corrected chi connectivity index (χ4v) is 1.48. The lowest BCUT2D eigenvalue weighted by molar-refractivity contribution is 0.0988. The fourth-order valence-electron chi connectivity index (χ4n) is 1.03. The van der Waals surface area contributed by atoms with Gasteiger partial charge >= 0.3 is 0 Å². The zero-order valence-corrected chi connectivity index (χ0v) is 10.6. The maximum Gasteiger partial charge on any atom is 0.217 e. The van der Waals surface area contributed by atoms with E-state index in [1.165, 1.54) is 0 Å². The molecule has 0 bridgehead atoms. The molecule has 1 aromatic heterocycles. The van der Waals surface area contributed by atoms with Crippen LogP contribution in [0, 0.1) is 6.92 Å². The number of rotatable bonds is 6. The number of nitrogens with zero attached hydrogens (tertiary/aromatic N) is 2. The molecule has 0 unspecified atom stereocenters. The molecule has 1 rings (SSSR count). The van der Waals surface area contributed by atoms with Crippen molar-refractivity contribution in [1.82, 2.24) is 9.97 Å². The first-order chi connectivity index (χ1) is 7.22. The normalized spacial score (nSPS) is 10.3. The number of aromatic nitrogens is 2. The predicted molar refractivity (Wildman–Crippen MR) is 61.1 cm³/mol. The van der Waals surface area contributed by atoms with Gasteiger partial charge < -0.3 is 9.47 Å². The highest BCUT2D eigenvalue weighted by atomic mass is 79.9. The van der Waals surface area contributed by atoms with Crippen LogP contribution in [0.4, 0.5) is 0 Å². The standard InChI is InChI=1S/C10H15BrN2O2/c1-3-4-14-5-6-15-10-7-9(11)12-8(2)13-10/h7H,3-6H2,1-2H3. The summed E-state index contributed by atoms with van der Waals surface area (Å²) in [6.07, 6.45) is 1.03. The Kier molecular flexibility index (Phi) is 5.57. The van der Waals surface area contributed by atoms with Gasteiger partial charge in [-0.15, -0.1) is 0 Å². The molecule has 84 valence electrons. The van der Waals surface area contributed by atoms with Gasteiger partial charge in [-0.2, -0.15) is 4.98 Å². The first-order valence-corrected chi connectivity index (χ1v) is 5.73. The summed E-state index contributed by atoms with van der Waals surface area (Å²) in [6.45, 7) is 5.78. The van der Waals surface area contributed by atoms with Crippen LogP contribution in [-0.2, 0) is 4.74 Å². The predicted octanol–water partition coefficient (Wildman–Crippen LogP) is 2.35. The van der Waals surface area contributed by atoms with Crippen molar-refractivity contribution in [3.05, 3.63) is 16.5 Å². The Morgan fingerprint density at radius 2 is 2.07 bits per heavy atom. The highest BCUT2D eigenvalue weighted by Crippen LogP contribution is 2.13. The molecule has 1 aromatic rings. The molecule has 0 amide bonds. The van der Waals surface area contributed by atoms with Crippen molar-refractivity contribution in [2.75, 3.05) is 19.8 Å². The summed E-state index contributed by atoms with van der Waals surface area (Å²) in [5.74, 6) is 1.27. The van der Waals surface area contributed by atoms with Crippen LogP contribution < -0.4 is 4.74 Å². The van der Waals surface area contributed by atoms with Gasteiger partial charge in [-0.05, 0) is 29.3 Å². The van der Waals surface area contributed by atoms with E-state index in [1.807, 2.05) is 6.92 Å². The van der Waals surface area contributed by atoms with Crippen molar-refractivity contribution in [2.24, 2.45) is 0 Å². The van der Waals surface area contributed by atoms with Crippen LogP contribution in [0.1, 0.15) is 19.2 Å². The number of ether oxygens (including phenoxy) is 2. The molecular weight excluding hydrogens is 260 g/mol. The Morgan fingerprint density at radius 1 is 1.27 bits per heavy atom. The molecule has 0 N–H and O–H groups in total. The molecule has 0 radical (unpaired) electrons. The van der Waals surface area contributed by atoms with Crippen molar-refractivity contribution in [1.29, 1.82) is 0 Å². The van der Waals surface area contributed by atoms with Crippen molar-refractivity contribution in [2.45, 2.75) is 20.3 Å². The van der Waals surface area contributed by atoms with E-state index in [0.717, 1.165) is 17.6 Å². The van der Waals surface area contributed by atoms with Crippen molar-refractivity contribution < 1.29 is 9.47 Å². The summed E-state index contributed by atoms with van der Waals surface area (Å²) in [4.78, 5) is 8.22. The Labute approximate surface area is 98.2 Å². The average molecular weight is 275 g/mol. The van der Waals surface area contributed by atoms with E-state index in [1.54, 1.807) is 6.07 Å². The van der Waals surface area contributed by atoms with Gasteiger partial charge in [0.2, 0.25) is 5.88 Å². The number of hydrogen-bond donors (Lipinski definition) is 0. The van der Waals surface area contributed by atoms with Crippen LogP contribution in [0.25, 0.3) is 0 Å². The topological polar surface area (TPSA) is 44.2 Å². The molecule has 0 aliphatic carbocycles. The minimum absolute atomic E-state index is 0.517. The maximum atomic E-state index is 5.41. The van der Waals surface area contributed by atoms with E-state index in [-0.39, 0.29) is 0 Å². The van der Waals surface area contributed by atoms with Crippen molar-refractivity contribution >= 4 is 15.9 Å². The monoisotopic (exact) mass is 274 g/mol. The Morgan fingerprint density at radius 3 is 2.73 bits per heavy atom. The van der Waals surface area contributed by atoms with E-state index in [9.17, 15) is 0 Å². The van der Waals surface area contributed by atoms with Crippen LogP contribution in [0.5, 0.6) is 5.88 Å². The lowest BCUT2D eigenvalue weighted by Crippen LogP contribution is -2.08. The van der Waals surface area contributed by atoms with E-state index < -0.39 is 0 Å². The first kappa shape index (κ1) is 12.4. The summed E-state index contributed by atoms with van der Waals surface area (Å²) < 4.78 is 11.4. The third-order valence-electron chi connectivity index (χ3n) is 1.61. The van der Waals surface area contributed by atoms with Crippen LogP contribution in [0.2, 0.25) is 0 Å². The van der Waals surface area contributed by atoms with E-state index in [4.69, 9.17) is 9.47 Å². The van der Waals surface area contributed by atoms with Crippen LogP contribution in [0.15, 0.2) is 10.7 Å². The SMILES string of the molecule is CCCOCCOc1cc(Br)nc(C)n1. The van der Waals surface area contributed by atoms with Crippen LogP contribution in [-0.4, -0.2) is 29.8 Å². The van der Waals surface area contributed by atoms with Gasteiger partial charge in [-0.25, -0.2) is 4.98 Å². The summed E-state index contributed by atoms with van der Waals surface area (Å²) >= 11 is 3.28. The zero-order chi connectivity index (χ0) is 11.1.